The lowest BCUT2D eigenvalue weighted by molar-refractivity contribution is -0.385. The Balaban J connectivity index is 2.71. The van der Waals surface area contributed by atoms with E-state index in [0.29, 0.717) is 0 Å². The Morgan fingerprint density at radius 1 is 1.79 bits per heavy atom. The van der Waals surface area contributed by atoms with Crippen molar-refractivity contribution in [1.82, 2.24) is 10.2 Å². The number of nitro groups is 1. The maximum atomic E-state index is 11.0. The van der Waals surface area contributed by atoms with Crippen LogP contribution in [0.5, 0.6) is 0 Å². The molecule has 0 spiro atoms. The molecule has 0 fully saturated rings. The lowest BCUT2D eigenvalue weighted by atomic mass is 10.3. The van der Waals surface area contributed by atoms with Crippen LogP contribution in [0.25, 0.3) is 0 Å². The van der Waals surface area contributed by atoms with Crippen LogP contribution < -0.4 is 0 Å². The molecule has 0 radical (unpaired) electrons. The van der Waals surface area contributed by atoms with Gasteiger partial charge in [0.15, 0.2) is 0 Å². The fourth-order valence-corrected chi connectivity index (χ4v) is 0.950. The highest BCUT2D eigenvalue weighted by Crippen LogP contribution is 2.14. The third kappa shape index (κ3) is 2.28. The minimum absolute atomic E-state index is 0.161. The molecule has 0 aromatic carbocycles. The molecule has 1 aromatic rings. The number of H-pyrrole nitrogens is 1. The Kier molecular flexibility index (Phi) is 3.16. The van der Waals surface area contributed by atoms with Gasteiger partial charge in [-0.1, -0.05) is 0 Å². The molecule has 1 heterocycles. The van der Waals surface area contributed by atoms with Crippen LogP contribution in [-0.4, -0.2) is 27.7 Å². The first-order valence-corrected chi connectivity index (χ1v) is 3.97. The molecule has 0 amide bonds. The molecule has 0 atom stereocenters. The molecule has 0 unspecified atom stereocenters. The first-order chi connectivity index (χ1) is 6.65. The highest BCUT2D eigenvalue weighted by molar-refractivity contribution is 5.73. The number of aromatic amines is 1. The van der Waals surface area contributed by atoms with E-state index in [2.05, 4.69) is 14.9 Å². The van der Waals surface area contributed by atoms with Gasteiger partial charge in [-0.15, -0.1) is 0 Å². The van der Waals surface area contributed by atoms with Crippen molar-refractivity contribution in [3.63, 3.8) is 0 Å². The second-order valence-corrected chi connectivity index (χ2v) is 2.47. The summed E-state index contributed by atoms with van der Waals surface area (Å²) < 4.78 is 4.64. The van der Waals surface area contributed by atoms with Crippen molar-refractivity contribution in [1.29, 1.82) is 0 Å². The maximum absolute atomic E-state index is 11.0. The van der Waals surface area contributed by atoms with Gasteiger partial charge in [-0.25, -0.2) is 0 Å². The molecule has 1 rings (SSSR count). The fraction of sp³-hybridized carbons (Fsp3) is 0.429. The van der Waals surface area contributed by atoms with E-state index in [-0.39, 0.29) is 24.4 Å². The Labute approximate surface area is 79.2 Å². The molecular weight excluding hydrogens is 190 g/mol. The number of nitrogens with one attached hydrogen (secondary N) is 1. The Morgan fingerprint density at radius 3 is 3.07 bits per heavy atom. The number of hydrogen-bond acceptors (Lipinski definition) is 5. The third-order valence-corrected chi connectivity index (χ3v) is 1.52. The quantitative estimate of drug-likeness (QED) is 0.430. The van der Waals surface area contributed by atoms with Crippen LogP contribution in [0.2, 0.25) is 0 Å². The molecule has 1 N–H and O–H groups in total. The normalized spacial score (nSPS) is 9.79. The van der Waals surface area contributed by atoms with Gasteiger partial charge in [0.25, 0.3) is 0 Å². The van der Waals surface area contributed by atoms with Crippen LogP contribution in [0.3, 0.4) is 0 Å². The van der Waals surface area contributed by atoms with Gasteiger partial charge in [0.05, 0.1) is 18.0 Å². The van der Waals surface area contributed by atoms with Gasteiger partial charge in [0.1, 0.15) is 11.9 Å². The van der Waals surface area contributed by atoms with E-state index in [9.17, 15) is 14.9 Å². The molecule has 0 aliphatic heterocycles. The zero-order valence-electron chi connectivity index (χ0n) is 7.52. The molecule has 7 heteroatoms. The lowest BCUT2D eigenvalue weighted by Crippen LogP contribution is -2.09. The predicted molar refractivity (Wildman–Crippen MR) is 45.6 cm³/mol. The number of hydrogen-bond donors (Lipinski definition) is 1. The SMILES string of the molecule is CCOC(=O)Cc1[nH]ncc1[N+](=O)[O-]. The fourth-order valence-electron chi connectivity index (χ4n) is 0.950. The highest BCUT2D eigenvalue weighted by atomic mass is 16.6. The number of aromatic nitrogens is 2. The lowest BCUT2D eigenvalue weighted by Gasteiger charge is -1.98. The topological polar surface area (TPSA) is 98.1 Å². The average Bonchev–Trinajstić information content (AvgIpc) is 2.52. The first kappa shape index (κ1) is 10.2. The van der Waals surface area contributed by atoms with Crippen LogP contribution >= 0.6 is 0 Å². The van der Waals surface area contributed by atoms with Gasteiger partial charge in [-0.3, -0.25) is 20.0 Å². The predicted octanol–water partition coefficient (Wildman–Crippen LogP) is 0.423. The van der Waals surface area contributed by atoms with E-state index >= 15 is 0 Å². The summed E-state index contributed by atoms with van der Waals surface area (Å²) in [6.07, 6.45) is 0.902. The van der Waals surface area contributed by atoms with Gasteiger partial charge in [0.2, 0.25) is 0 Å². The van der Waals surface area contributed by atoms with Crippen molar-refractivity contribution in [3.8, 4) is 0 Å². The van der Waals surface area contributed by atoms with E-state index in [0.717, 1.165) is 6.20 Å². The van der Waals surface area contributed by atoms with Crippen LogP contribution in [-0.2, 0) is 16.0 Å². The molecule has 0 bridgehead atoms. The van der Waals surface area contributed by atoms with Gasteiger partial charge >= 0.3 is 11.7 Å². The van der Waals surface area contributed by atoms with Gasteiger partial charge in [-0.2, -0.15) is 5.10 Å². The van der Waals surface area contributed by atoms with E-state index in [4.69, 9.17) is 0 Å². The van der Waals surface area contributed by atoms with E-state index in [1.807, 2.05) is 0 Å². The molecule has 0 aliphatic carbocycles. The summed E-state index contributed by atoms with van der Waals surface area (Å²) >= 11 is 0. The highest BCUT2D eigenvalue weighted by Gasteiger charge is 2.18. The Hall–Kier alpha value is -1.92. The van der Waals surface area contributed by atoms with Crippen molar-refractivity contribution in [3.05, 3.63) is 22.0 Å². The van der Waals surface area contributed by atoms with Gasteiger partial charge in [0, 0.05) is 0 Å². The summed E-state index contributed by atoms with van der Waals surface area (Å²) in [6.45, 7) is 1.92. The number of nitrogens with zero attached hydrogens (tertiary/aromatic N) is 2. The van der Waals surface area contributed by atoms with E-state index < -0.39 is 10.9 Å². The van der Waals surface area contributed by atoms with Crippen molar-refractivity contribution < 1.29 is 14.5 Å². The number of carbonyl (C=O) groups is 1. The number of rotatable bonds is 4. The standard InChI is InChI=1S/C7H9N3O4/c1-2-14-7(11)3-5-6(10(12)13)4-8-9-5/h4H,2-3H2,1H3,(H,8,9). The molecule has 0 saturated carbocycles. The van der Waals surface area contributed by atoms with Crippen LogP contribution in [0.4, 0.5) is 5.69 Å². The Bertz CT molecular complexity index is 346. The van der Waals surface area contributed by atoms with Crippen molar-refractivity contribution in [2.24, 2.45) is 0 Å². The maximum Gasteiger partial charge on any atom is 0.312 e. The third-order valence-electron chi connectivity index (χ3n) is 1.52. The zero-order valence-corrected chi connectivity index (χ0v) is 7.52. The number of carbonyl (C=O) groups excluding carboxylic acids is 1. The summed E-state index contributed by atoms with van der Waals surface area (Å²) in [4.78, 5) is 20.8. The summed E-state index contributed by atoms with van der Waals surface area (Å²) in [5.41, 5.74) is -0.0356. The number of esters is 1. The van der Waals surface area contributed by atoms with Crippen LogP contribution in [0, 0.1) is 10.1 Å². The largest absolute Gasteiger partial charge is 0.466 e. The van der Waals surface area contributed by atoms with Crippen LogP contribution in [0.15, 0.2) is 6.20 Å². The molecule has 0 saturated heterocycles. The first-order valence-electron chi connectivity index (χ1n) is 3.97. The van der Waals surface area contributed by atoms with E-state index in [1.165, 1.54) is 0 Å². The number of ether oxygens (including phenoxy) is 1. The van der Waals surface area contributed by atoms with Crippen molar-refractivity contribution in [2.75, 3.05) is 6.61 Å². The molecule has 0 aliphatic rings. The van der Waals surface area contributed by atoms with Gasteiger partial charge in [-0.05, 0) is 6.92 Å². The van der Waals surface area contributed by atoms with Crippen LogP contribution in [0.1, 0.15) is 12.6 Å². The minimum Gasteiger partial charge on any atom is -0.466 e. The Morgan fingerprint density at radius 2 is 2.50 bits per heavy atom. The monoisotopic (exact) mass is 199 g/mol. The minimum atomic E-state index is -0.599. The molecule has 14 heavy (non-hydrogen) atoms. The van der Waals surface area contributed by atoms with Crippen molar-refractivity contribution >= 4 is 11.7 Å². The smallest absolute Gasteiger partial charge is 0.312 e. The average molecular weight is 199 g/mol. The molecule has 76 valence electrons. The summed E-state index contributed by atoms with van der Waals surface area (Å²) in [5.74, 6) is -0.514. The second kappa shape index (κ2) is 4.35. The second-order valence-electron chi connectivity index (χ2n) is 2.47. The molecule has 7 nitrogen and oxygen atoms in total. The summed E-state index contributed by atoms with van der Waals surface area (Å²) in [5, 5.41) is 16.3. The molecular formula is C7H9N3O4. The van der Waals surface area contributed by atoms with Gasteiger partial charge < -0.3 is 4.74 Å². The summed E-state index contributed by atoms with van der Waals surface area (Å²) in [6, 6.07) is 0. The summed E-state index contributed by atoms with van der Waals surface area (Å²) in [7, 11) is 0. The molecule has 1 aromatic heterocycles. The van der Waals surface area contributed by atoms with E-state index in [1.54, 1.807) is 6.92 Å². The zero-order chi connectivity index (χ0) is 10.6. The van der Waals surface area contributed by atoms with Crippen molar-refractivity contribution in [2.45, 2.75) is 13.3 Å².